The first kappa shape index (κ1) is 15.2. The van der Waals surface area contributed by atoms with Gasteiger partial charge in [-0.05, 0) is 46.1 Å². The first-order valence-corrected chi connectivity index (χ1v) is 8.27. The smallest absolute Gasteiger partial charge is 0.0553 e. The third-order valence-corrected chi connectivity index (χ3v) is 5.37. The molecule has 0 bridgehead atoms. The minimum Gasteiger partial charge on any atom is -0.395 e. The van der Waals surface area contributed by atoms with Gasteiger partial charge in [0.1, 0.15) is 0 Å². The predicted octanol–water partition coefficient (Wildman–Crippen LogP) is 3.74. The van der Waals surface area contributed by atoms with E-state index in [1.54, 1.807) is 11.3 Å². The quantitative estimate of drug-likeness (QED) is 0.795. The highest BCUT2D eigenvalue weighted by Crippen LogP contribution is 2.32. The first-order valence-electron chi connectivity index (χ1n) is 5.80. The van der Waals surface area contributed by atoms with Crippen LogP contribution in [0.25, 0.3) is 0 Å². The predicted molar refractivity (Wildman–Crippen MR) is 85.7 cm³/mol. The Labute approximate surface area is 133 Å². The number of benzene rings is 1. The van der Waals surface area contributed by atoms with Crippen LogP contribution in [-0.4, -0.2) is 23.4 Å². The zero-order valence-corrected chi connectivity index (χ0v) is 14.1. The van der Waals surface area contributed by atoms with Crippen molar-refractivity contribution in [3.63, 3.8) is 0 Å². The van der Waals surface area contributed by atoms with Crippen molar-refractivity contribution < 1.29 is 10.2 Å². The zero-order chi connectivity index (χ0) is 13.9. The van der Waals surface area contributed by atoms with Crippen LogP contribution in [0.1, 0.15) is 10.4 Å². The summed E-state index contributed by atoms with van der Waals surface area (Å²) in [5.74, 6) is 0. The summed E-state index contributed by atoms with van der Waals surface area (Å²) in [6.45, 7) is -0.176. The molecule has 2 N–H and O–H groups in total. The Balaban J connectivity index is 2.37. The molecule has 0 atom stereocenters. The maximum atomic E-state index is 9.81. The highest BCUT2D eigenvalue weighted by atomic mass is 79.9. The van der Waals surface area contributed by atoms with Crippen LogP contribution in [0, 0.1) is 0 Å². The Morgan fingerprint density at radius 3 is 2.32 bits per heavy atom. The minimum atomic E-state index is -0.645. The van der Waals surface area contributed by atoms with Crippen molar-refractivity contribution in [1.29, 1.82) is 0 Å². The van der Waals surface area contributed by atoms with Crippen molar-refractivity contribution in [1.82, 2.24) is 0 Å². The Bertz CT molecular complexity index is 550. The van der Waals surface area contributed by atoms with E-state index in [0.29, 0.717) is 6.42 Å². The zero-order valence-electron chi connectivity index (χ0n) is 10.1. The fourth-order valence-corrected chi connectivity index (χ4v) is 4.04. The Morgan fingerprint density at radius 2 is 1.79 bits per heavy atom. The highest BCUT2D eigenvalue weighted by Gasteiger charge is 2.32. The molecule has 0 saturated carbocycles. The maximum absolute atomic E-state index is 9.81. The Morgan fingerprint density at radius 1 is 1.05 bits per heavy atom. The molecule has 1 aromatic carbocycles. The van der Waals surface area contributed by atoms with Crippen LogP contribution in [0.5, 0.6) is 0 Å². The van der Waals surface area contributed by atoms with E-state index in [2.05, 4.69) is 31.9 Å². The van der Waals surface area contributed by atoms with Gasteiger partial charge in [-0.3, -0.25) is 0 Å². The van der Waals surface area contributed by atoms with Crippen LogP contribution in [0.4, 0.5) is 0 Å². The maximum Gasteiger partial charge on any atom is 0.0553 e. The summed E-state index contributed by atoms with van der Waals surface area (Å²) in [5.41, 5.74) is 0.296. The molecular weight excluding hydrogens is 392 g/mol. The average Bonchev–Trinajstić information content (AvgIpc) is 2.81. The van der Waals surface area contributed by atoms with Crippen molar-refractivity contribution in [3.8, 4) is 0 Å². The van der Waals surface area contributed by atoms with E-state index >= 15 is 0 Å². The van der Waals surface area contributed by atoms with Gasteiger partial charge in [0, 0.05) is 24.6 Å². The normalized spacial score (nSPS) is 11.8. The monoisotopic (exact) mass is 404 g/mol. The second-order valence-corrected chi connectivity index (χ2v) is 7.34. The molecule has 2 nitrogen and oxygen atoms in total. The highest BCUT2D eigenvalue weighted by molar-refractivity contribution is 9.10. The van der Waals surface area contributed by atoms with Crippen LogP contribution in [-0.2, 0) is 11.8 Å². The standard InChI is InChI=1S/C14H14Br2O2S/c15-11-3-1-2-10(4-11)14(8-17,9-18)6-13-5-12(16)7-19-13/h1-5,7,17-18H,6,8-9H2. The molecule has 0 aliphatic carbocycles. The molecule has 0 radical (unpaired) electrons. The lowest BCUT2D eigenvalue weighted by atomic mass is 9.78. The van der Waals surface area contributed by atoms with Gasteiger partial charge in [-0.1, -0.05) is 28.1 Å². The number of aliphatic hydroxyl groups is 2. The van der Waals surface area contributed by atoms with E-state index in [4.69, 9.17) is 0 Å². The fraction of sp³-hybridized carbons (Fsp3) is 0.286. The van der Waals surface area contributed by atoms with Gasteiger partial charge in [0.15, 0.2) is 0 Å². The number of hydrogen-bond donors (Lipinski definition) is 2. The summed E-state index contributed by atoms with van der Waals surface area (Å²) in [7, 11) is 0. The van der Waals surface area contributed by atoms with Crippen LogP contribution >= 0.6 is 43.2 Å². The van der Waals surface area contributed by atoms with E-state index in [-0.39, 0.29) is 13.2 Å². The van der Waals surface area contributed by atoms with Gasteiger partial charge in [-0.2, -0.15) is 0 Å². The molecule has 2 rings (SSSR count). The average molecular weight is 406 g/mol. The Hall–Kier alpha value is -0.200. The topological polar surface area (TPSA) is 40.5 Å². The molecule has 102 valence electrons. The largest absolute Gasteiger partial charge is 0.395 e. The SMILES string of the molecule is OCC(CO)(Cc1cc(Br)cs1)c1cccc(Br)c1. The molecule has 0 aliphatic heterocycles. The first-order chi connectivity index (χ1) is 9.09. The van der Waals surface area contributed by atoms with E-state index in [0.717, 1.165) is 19.4 Å². The lowest BCUT2D eigenvalue weighted by Gasteiger charge is -2.30. The summed E-state index contributed by atoms with van der Waals surface area (Å²) >= 11 is 8.49. The van der Waals surface area contributed by atoms with E-state index in [1.807, 2.05) is 35.7 Å². The number of hydrogen-bond acceptors (Lipinski definition) is 3. The van der Waals surface area contributed by atoms with Gasteiger partial charge in [-0.15, -0.1) is 11.3 Å². The molecule has 5 heteroatoms. The van der Waals surface area contributed by atoms with E-state index in [9.17, 15) is 10.2 Å². The van der Waals surface area contributed by atoms with Crippen molar-refractivity contribution in [2.45, 2.75) is 11.8 Å². The summed E-state index contributed by atoms with van der Waals surface area (Å²) in [5, 5.41) is 21.6. The van der Waals surface area contributed by atoms with E-state index < -0.39 is 5.41 Å². The molecule has 1 aromatic heterocycles. The number of thiophene rings is 1. The molecule has 0 spiro atoms. The molecular formula is C14H14Br2O2S. The number of rotatable bonds is 5. The third-order valence-electron chi connectivity index (χ3n) is 3.18. The van der Waals surface area contributed by atoms with Gasteiger partial charge in [0.25, 0.3) is 0 Å². The third kappa shape index (κ3) is 3.47. The summed E-state index contributed by atoms with van der Waals surface area (Å²) in [6, 6.07) is 9.78. The van der Waals surface area contributed by atoms with Crippen LogP contribution < -0.4 is 0 Å². The number of halogens is 2. The second-order valence-electron chi connectivity index (χ2n) is 4.51. The second kappa shape index (κ2) is 6.50. The minimum absolute atomic E-state index is 0.0878. The van der Waals surface area contributed by atoms with Gasteiger partial charge in [0.2, 0.25) is 0 Å². The van der Waals surface area contributed by atoms with Crippen LogP contribution in [0.15, 0.2) is 44.7 Å². The molecule has 0 unspecified atom stereocenters. The lowest BCUT2D eigenvalue weighted by Crippen LogP contribution is -2.37. The van der Waals surface area contributed by atoms with Gasteiger partial charge < -0.3 is 10.2 Å². The van der Waals surface area contributed by atoms with Crippen molar-refractivity contribution in [2.75, 3.05) is 13.2 Å². The summed E-state index contributed by atoms with van der Waals surface area (Å²) in [4.78, 5) is 1.13. The van der Waals surface area contributed by atoms with E-state index in [1.165, 1.54) is 0 Å². The van der Waals surface area contributed by atoms with Gasteiger partial charge >= 0.3 is 0 Å². The summed E-state index contributed by atoms with van der Waals surface area (Å²) < 4.78 is 1.98. The molecule has 0 fully saturated rings. The summed E-state index contributed by atoms with van der Waals surface area (Å²) in [6.07, 6.45) is 0.618. The Kier molecular flexibility index (Phi) is 5.20. The van der Waals surface area contributed by atoms with Crippen molar-refractivity contribution in [3.05, 3.63) is 55.1 Å². The van der Waals surface area contributed by atoms with Crippen molar-refractivity contribution >= 4 is 43.2 Å². The van der Waals surface area contributed by atoms with Crippen LogP contribution in [0.2, 0.25) is 0 Å². The van der Waals surface area contributed by atoms with Crippen molar-refractivity contribution in [2.24, 2.45) is 0 Å². The van der Waals surface area contributed by atoms with Gasteiger partial charge in [-0.25, -0.2) is 0 Å². The molecule has 1 heterocycles. The number of aliphatic hydroxyl groups excluding tert-OH is 2. The molecule has 0 saturated heterocycles. The molecule has 0 amide bonds. The van der Waals surface area contributed by atoms with Gasteiger partial charge in [0.05, 0.1) is 13.2 Å². The molecule has 0 aliphatic rings. The lowest BCUT2D eigenvalue weighted by molar-refractivity contribution is 0.117. The molecule has 19 heavy (non-hydrogen) atoms. The fourth-order valence-electron chi connectivity index (χ4n) is 2.04. The molecule has 2 aromatic rings. The van der Waals surface area contributed by atoms with Crippen LogP contribution in [0.3, 0.4) is 0 Å².